The number of aromatic nitrogens is 4. The van der Waals surface area contributed by atoms with Gasteiger partial charge in [-0.25, -0.2) is 24.7 Å². The highest BCUT2D eigenvalue weighted by molar-refractivity contribution is 5.87. The zero-order valence-corrected chi connectivity index (χ0v) is 7.01. The van der Waals surface area contributed by atoms with E-state index in [1.807, 2.05) is 0 Å². The fourth-order valence-corrected chi connectivity index (χ4v) is 0.953. The molecule has 3 N–H and O–H groups in total. The van der Waals surface area contributed by atoms with Gasteiger partial charge in [0.1, 0.15) is 11.8 Å². The van der Waals surface area contributed by atoms with Crippen LogP contribution in [0.2, 0.25) is 0 Å². The van der Waals surface area contributed by atoms with E-state index in [4.69, 9.17) is 5.73 Å². The van der Waals surface area contributed by atoms with Gasteiger partial charge in [0.2, 0.25) is 0 Å². The molecular weight excluding hydrogens is 184 g/mol. The summed E-state index contributed by atoms with van der Waals surface area (Å²) in [5.74, 6) is 0.267. The molecule has 2 amide bonds. The number of primary amides is 1. The fraction of sp³-hybridized carbons (Fsp3) is 0. The molecule has 0 aromatic carbocycles. The summed E-state index contributed by atoms with van der Waals surface area (Å²) >= 11 is 0. The van der Waals surface area contributed by atoms with E-state index in [9.17, 15) is 4.79 Å². The lowest BCUT2D eigenvalue weighted by molar-refractivity contribution is 0.259. The minimum atomic E-state index is -0.687. The molecular formula is C7H6N6O. The van der Waals surface area contributed by atoms with Crippen molar-refractivity contribution in [2.45, 2.75) is 0 Å². The zero-order valence-electron chi connectivity index (χ0n) is 7.01. The molecule has 0 aliphatic rings. The van der Waals surface area contributed by atoms with E-state index >= 15 is 0 Å². The highest BCUT2D eigenvalue weighted by Crippen LogP contribution is 2.06. The Hall–Kier alpha value is -2.31. The van der Waals surface area contributed by atoms with Crippen LogP contribution in [0.5, 0.6) is 0 Å². The Kier molecular flexibility index (Phi) is 1.90. The standard InChI is InChI=1S/C7H6N6O/c8-7(14)13-5-2-10-4-1-9-3-11-6(4)12-5/h1-3H,(H3,8,9,11,12,13,14). The molecule has 0 unspecified atom stereocenters. The molecule has 0 spiro atoms. The van der Waals surface area contributed by atoms with E-state index < -0.39 is 6.03 Å². The third kappa shape index (κ3) is 1.56. The van der Waals surface area contributed by atoms with Crippen molar-refractivity contribution < 1.29 is 4.79 Å². The van der Waals surface area contributed by atoms with Gasteiger partial charge in [0.05, 0.1) is 12.4 Å². The third-order valence-electron chi connectivity index (χ3n) is 1.48. The lowest BCUT2D eigenvalue weighted by Crippen LogP contribution is -2.20. The van der Waals surface area contributed by atoms with Gasteiger partial charge in [0.25, 0.3) is 0 Å². The summed E-state index contributed by atoms with van der Waals surface area (Å²) in [6.45, 7) is 0. The van der Waals surface area contributed by atoms with Gasteiger partial charge in [-0.2, -0.15) is 0 Å². The SMILES string of the molecule is NC(=O)Nc1cnc2cncnc2n1. The first-order chi connectivity index (χ1) is 6.75. The summed E-state index contributed by atoms with van der Waals surface area (Å²) in [5.41, 5.74) is 5.88. The second-order valence-corrected chi connectivity index (χ2v) is 2.48. The number of hydrogen-bond acceptors (Lipinski definition) is 5. The molecule has 7 nitrogen and oxygen atoms in total. The van der Waals surface area contributed by atoms with E-state index in [-0.39, 0.29) is 5.82 Å². The van der Waals surface area contributed by atoms with Crippen LogP contribution in [-0.4, -0.2) is 26.0 Å². The lowest BCUT2D eigenvalue weighted by Gasteiger charge is -2.00. The molecule has 2 aromatic rings. The summed E-state index contributed by atoms with van der Waals surface area (Å²) < 4.78 is 0. The van der Waals surface area contributed by atoms with Crippen molar-refractivity contribution in [1.82, 2.24) is 19.9 Å². The summed E-state index contributed by atoms with van der Waals surface area (Å²) in [5, 5.41) is 2.30. The molecule has 0 aliphatic heterocycles. The van der Waals surface area contributed by atoms with Crippen molar-refractivity contribution in [3.8, 4) is 0 Å². The Labute approximate surface area is 78.4 Å². The molecule has 2 aromatic heterocycles. The van der Waals surface area contributed by atoms with Crippen molar-refractivity contribution in [1.29, 1.82) is 0 Å². The van der Waals surface area contributed by atoms with Crippen LogP contribution in [0.4, 0.5) is 10.6 Å². The molecule has 0 bridgehead atoms. The maximum absolute atomic E-state index is 10.5. The number of amides is 2. The quantitative estimate of drug-likeness (QED) is 0.653. The van der Waals surface area contributed by atoms with Crippen molar-refractivity contribution >= 4 is 23.0 Å². The smallest absolute Gasteiger partial charge is 0.317 e. The monoisotopic (exact) mass is 190 g/mol. The maximum atomic E-state index is 10.5. The van der Waals surface area contributed by atoms with Gasteiger partial charge in [-0.3, -0.25) is 5.32 Å². The summed E-state index contributed by atoms with van der Waals surface area (Å²) in [4.78, 5) is 26.1. The lowest BCUT2D eigenvalue weighted by atomic mass is 10.5. The highest BCUT2D eigenvalue weighted by atomic mass is 16.2. The Balaban J connectivity index is 2.46. The Morgan fingerprint density at radius 1 is 1.36 bits per heavy atom. The average Bonchev–Trinajstić information content (AvgIpc) is 2.17. The Morgan fingerprint density at radius 3 is 3.00 bits per heavy atom. The minimum absolute atomic E-state index is 0.267. The summed E-state index contributed by atoms with van der Waals surface area (Å²) in [6.07, 6.45) is 4.27. The summed E-state index contributed by atoms with van der Waals surface area (Å²) in [6, 6.07) is -0.687. The topological polar surface area (TPSA) is 107 Å². The third-order valence-corrected chi connectivity index (χ3v) is 1.48. The van der Waals surface area contributed by atoms with Crippen LogP contribution in [0, 0.1) is 0 Å². The number of nitrogens with one attached hydrogen (secondary N) is 1. The Morgan fingerprint density at radius 2 is 2.21 bits per heavy atom. The molecule has 2 heterocycles. The number of anilines is 1. The second-order valence-electron chi connectivity index (χ2n) is 2.48. The van der Waals surface area contributed by atoms with Gasteiger partial charge in [0, 0.05) is 0 Å². The summed E-state index contributed by atoms with van der Waals surface area (Å²) in [7, 11) is 0. The molecule has 0 fully saturated rings. The highest BCUT2D eigenvalue weighted by Gasteiger charge is 2.01. The number of rotatable bonds is 1. The molecule has 0 radical (unpaired) electrons. The normalized spacial score (nSPS) is 10.0. The fourth-order valence-electron chi connectivity index (χ4n) is 0.953. The number of nitrogens with two attached hydrogens (primary N) is 1. The molecule has 7 heteroatoms. The molecule has 0 saturated carbocycles. The number of carbonyl (C=O) groups is 1. The van der Waals surface area contributed by atoms with Gasteiger partial charge in [-0.05, 0) is 0 Å². The van der Waals surface area contributed by atoms with Crippen LogP contribution in [0.1, 0.15) is 0 Å². The van der Waals surface area contributed by atoms with E-state index in [2.05, 4.69) is 25.3 Å². The van der Waals surface area contributed by atoms with Crippen LogP contribution in [-0.2, 0) is 0 Å². The van der Waals surface area contributed by atoms with Gasteiger partial charge in [-0.15, -0.1) is 0 Å². The van der Waals surface area contributed by atoms with Crippen molar-refractivity contribution in [3.05, 3.63) is 18.7 Å². The number of nitrogens with zero attached hydrogens (tertiary/aromatic N) is 4. The van der Waals surface area contributed by atoms with Gasteiger partial charge in [-0.1, -0.05) is 0 Å². The van der Waals surface area contributed by atoms with Crippen molar-refractivity contribution in [2.75, 3.05) is 5.32 Å². The van der Waals surface area contributed by atoms with Crippen LogP contribution in [0.15, 0.2) is 18.7 Å². The minimum Gasteiger partial charge on any atom is -0.351 e. The first-order valence-electron chi connectivity index (χ1n) is 3.75. The number of hydrogen-bond donors (Lipinski definition) is 2. The Bertz CT molecular complexity index is 484. The second kappa shape index (κ2) is 3.21. The first-order valence-corrected chi connectivity index (χ1v) is 3.75. The van der Waals surface area contributed by atoms with Crippen LogP contribution in [0.25, 0.3) is 11.2 Å². The van der Waals surface area contributed by atoms with Crippen molar-refractivity contribution in [2.24, 2.45) is 5.73 Å². The molecule has 70 valence electrons. The van der Waals surface area contributed by atoms with E-state index in [0.717, 1.165) is 0 Å². The average molecular weight is 190 g/mol. The van der Waals surface area contributed by atoms with Crippen LogP contribution < -0.4 is 11.1 Å². The molecule has 0 atom stereocenters. The van der Waals surface area contributed by atoms with Crippen molar-refractivity contribution in [3.63, 3.8) is 0 Å². The van der Waals surface area contributed by atoms with E-state index in [1.54, 1.807) is 0 Å². The number of carbonyl (C=O) groups excluding carboxylic acids is 1. The van der Waals surface area contributed by atoms with E-state index in [0.29, 0.717) is 11.2 Å². The first kappa shape index (κ1) is 8.30. The van der Waals surface area contributed by atoms with E-state index in [1.165, 1.54) is 18.7 Å². The number of urea groups is 1. The largest absolute Gasteiger partial charge is 0.351 e. The predicted molar refractivity (Wildman–Crippen MR) is 48.3 cm³/mol. The predicted octanol–water partition coefficient (Wildman–Crippen LogP) is -0.0896. The van der Waals surface area contributed by atoms with Gasteiger partial charge < -0.3 is 5.73 Å². The zero-order chi connectivity index (χ0) is 9.97. The maximum Gasteiger partial charge on any atom is 0.317 e. The molecule has 0 saturated heterocycles. The van der Waals surface area contributed by atoms with Gasteiger partial charge in [0.15, 0.2) is 11.5 Å². The van der Waals surface area contributed by atoms with Crippen LogP contribution >= 0.6 is 0 Å². The molecule has 2 rings (SSSR count). The molecule has 14 heavy (non-hydrogen) atoms. The van der Waals surface area contributed by atoms with Gasteiger partial charge >= 0.3 is 6.03 Å². The van der Waals surface area contributed by atoms with Crippen LogP contribution in [0.3, 0.4) is 0 Å². The molecule has 0 aliphatic carbocycles. The number of fused-ring (bicyclic) bond motifs is 1.